The number of hydrogen-bond acceptors (Lipinski definition) is 7. The number of aliphatic carboxylic acids is 1. The van der Waals surface area contributed by atoms with Gasteiger partial charge in [-0.3, -0.25) is 19.4 Å². The summed E-state index contributed by atoms with van der Waals surface area (Å²) in [7, 11) is 0. The molecule has 3 aliphatic heterocycles. The third-order valence-electron chi connectivity index (χ3n) is 4.94. The molecule has 0 aliphatic carbocycles. The molecule has 26 heavy (non-hydrogen) atoms. The largest absolute Gasteiger partial charge is 0.477 e. The molecule has 146 valence electrons. The Morgan fingerprint density at radius 2 is 2.15 bits per heavy atom. The van der Waals surface area contributed by atoms with Crippen LogP contribution in [0.15, 0.2) is 11.3 Å². The van der Waals surface area contributed by atoms with Gasteiger partial charge in [0.1, 0.15) is 17.1 Å². The van der Waals surface area contributed by atoms with E-state index in [9.17, 15) is 19.5 Å². The molecular formula is C16H24IN3O5S. The summed E-state index contributed by atoms with van der Waals surface area (Å²) in [5.41, 5.74) is 6.63. The summed E-state index contributed by atoms with van der Waals surface area (Å²) in [5, 5.41) is 9.34. The molecular weight excluding hydrogens is 473 g/mol. The second kappa shape index (κ2) is 8.89. The number of nitrogens with two attached hydrogens (primary N) is 1. The van der Waals surface area contributed by atoms with Crippen LogP contribution in [0.3, 0.4) is 0 Å². The second-order valence-electron chi connectivity index (χ2n) is 6.59. The van der Waals surface area contributed by atoms with Gasteiger partial charge in [0.15, 0.2) is 0 Å². The van der Waals surface area contributed by atoms with Crippen LogP contribution in [0.2, 0.25) is 0 Å². The molecule has 0 saturated carbocycles. The Hall–Kier alpha value is -0.850. The summed E-state index contributed by atoms with van der Waals surface area (Å²) < 4.78 is 5.02. The first-order chi connectivity index (χ1) is 11.9. The molecule has 3 atom stereocenters. The molecule has 0 aromatic heterocycles. The van der Waals surface area contributed by atoms with E-state index in [1.54, 1.807) is 0 Å². The zero-order valence-electron chi connectivity index (χ0n) is 14.6. The number of nitrogens with zero attached hydrogens (tertiary/aromatic N) is 2. The number of amides is 1. The van der Waals surface area contributed by atoms with Crippen molar-refractivity contribution >= 4 is 53.6 Å². The fourth-order valence-electron chi connectivity index (χ4n) is 3.72. The number of likely N-dealkylation sites (tertiary alicyclic amines) is 1. The van der Waals surface area contributed by atoms with Gasteiger partial charge < -0.3 is 15.6 Å². The molecule has 1 unspecified atom stereocenters. The number of thioether (sulfide) groups is 1. The van der Waals surface area contributed by atoms with E-state index < -0.39 is 12.0 Å². The lowest BCUT2D eigenvalue weighted by Crippen LogP contribution is -2.68. The van der Waals surface area contributed by atoms with Crippen molar-refractivity contribution in [2.45, 2.75) is 43.6 Å². The Labute approximate surface area is 173 Å². The van der Waals surface area contributed by atoms with E-state index in [-0.39, 0.29) is 53.0 Å². The number of carboxylic acid groups (broad SMARTS) is 1. The topological polar surface area (TPSA) is 113 Å². The minimum atomic E-state index is -1.07. The fraction of sp³-hybridized carbons (Fsp3) is 0.688. The van der Waals surface area contributed by atoms with Gasteiger partial charge in [-0.15, -0.1) is 35.7 Å². The maximum absolute atomic E-state index is 12.0. The summed E-state index contributed by atoms with van der Waals surface area (Å²) in [6, 6.07) is -0.344. The number of carbonyl (C=O) groups is 3. The van der Waals surface area contributed by atoms with Crippen molar-refractivity contribution in [2.24, 2.45) is 5.73 Å². The van der Waals surface area contributed by atoms with E-state index >= 15 is 0 Å². The van der Waals surface area contributed by atoms with Crippen LogP contribution in [-0.2, 0) is 19.1 Å². The lowest BCUT2D eigenvalue weighted by atomic mass is 10.0. The molecule has 2 fully saturated rings. The van der Waals surface area contributed by atoms with Crippen LogP contribution < -0.4 is 5.73 Å². The first kappa shape index (κ1) is 21.5. The third-order valence-corrected chi connectivity index (χ3v) is 6.30. The Bertz CT molecular complexity index is 629. The summed E-state index contributed by atoms with van der Waals surface area (Å²) in [4.78, 5) is 38.2. The summed E-state index contributed by atoms with van der Waals surface area (Å²) in [6.45, 7) is 3.16. The maximum Gasteiger partial charge on any atom is 0.352 e. The molecule has 3 rings (SSSR count). The van der Waals surface area contributed by atoms with Gasteiger partial charge >= 0.3 is 11.9 Å². The maximum atomic E-state index is 12.0. The average molecular weight is 497 g/mol. The van der Waals surface area contributed by atoms with E-state index in [1.165, 1.54) is 23.6 Å². The number of carbonyl (C=O) groups excluding carboxylic acids is 2. The van der Waals surface area contributed by atoms with E-state index in [0.717, 1.165) is 31.4 Å². The SMILES string of the molecule is CC(=O)OCCC1CCCN1CC1=C(C(=O)O)N2C(=O)[C@@H](N)[C@H]2SC1.I. The standard InChI is InChI=1S/C16H23N3O5S.HI/c1-9(20)24-6-4-11-3-2-5-18(11)7-10-8-25-15-12(17)14(21)19(15)13(10)16(22)23;/h11-12,15H,2-8,17H2,1H3,(H,22,23);1H/t11?,12-,15-;/m1./s1. The third kappa shape index (κ3) is 4.18. The van der Waals surface area contributed by atoms with Gasteiger partial charge in [0.2, 0.25) is 5.91 Å². The summed E-state index contributed by atoms with van der Waals surface area (Å²) in [5.74, 6) is -1.12. The molecule has 0 bridgehead atoms. The predicted molar refractivity (Wildman–Crippen MR) is 107 cm³/mol. The van der Waals surface area contributed by atoms with E-state index in [4.69, 9.17) is 10.5 Å². The molecule has 3 N–H and O–H groups in total. The normalized spacial score (nSPS) is 28.3. The molecule has 0 radical (unpaired) electrons. The van der Waals surface area contributed by atoms with Crippen molar-refractivity contribution in [1.29, 1.82) is 0 Å². The van der Waals surface area contributed by atoms with Gasteiger partial charge in [-0.1, -0.05) is 0 Å². The second-order valence-corrected chi connectivity index (χ2v) is 7.69. The molecule has 1 amide bonds. The van der Waals surface area contributed by atoms with E-state index in [0.29, 0.717) is 18.9 Å². The molecule has 8 nitrogen and oxygen atoms in total. The van der Waals surface area contributed by atoms with Crippen molar-refractivity contribution in [3.8, 4) is 0 Å². The average Bonchev–Trinajstić information content (AvgIpc) is 3.00. The molecule has 3 heterocycles. The first-order valence-electron chi connectivity index (χ1n) is 8.43. The summed E-state index contributed by atoms with van der Waals surface area (Å²) in [6.07, 6.45) is 2.77. The van der Waals surface area contributed by atoms with Gasteiger partial charge in [-0.05, 0) is 31.4 Å². The van der Waals surface area contributed by atoms with Gasteiger partial charge in [0.25, 0.3) is 0 Å². The van der Waals surface area contributed by atoms with Crippen LogP contribution in [-0.4, -0.2) is 75.7 Å². The molecule has 2 saturated heterocycles. The van der Waals surface area contributed by atoms with Crippen molar-refractivity contribution in [1.82, 2.24) is 9.80 Å². The van der Waals surface area contributed by atoms with Gasteiger partial charge in [-0.25, -0.2) is 4.79 Å². The Morgan fingerprint density at radius 3 is 2.81 bits per heavy atom. The predicted octanol–water partition coefficient (Wildman–Crippen LogP) is 0.603. The number of esters is 1. The van der Waals surface area contributed by atoms with Crippen molar-refractivity contribution in [3.05, 3.63) is 11.3 Å². The van der Waals surface area contributed by atoms with Gasteiger partial charge in [0.05, 0.1) is 6.61 Å². The molecule has 10 heteroatoms. The number of carboxylic acids is 1. The van der Waals surface area contributed by atoms with Crippen LogP contribution in [0.4, 0.5) is 0 Å². The number of rotatable bonds is 6. The van der Waals surface area contributed by atoms with Gasteiger partial charge in [-0.2, -0.15) is 0 Å². The highest BCUT2D eigenvalue weighted by Crippen LogP contribution is 2.40. The molecule has 0 aromatic carbocycles. The first-order valence-corrected chi connectivity index (χ1v) is 9.48. The molecule has 0 spiro atoms. The Morgan fingerprint density at radius 1 is 1.42 bits per heavy atom. The van der Waals surface area contributed by atoms with Gasteiger partial charge in [0, 0.05) is 25.3 Å². The van der Waals surface area contributed by atoms with Crippen LogP contribution >= 0.6 is 35.7 Å². The van der Waals surface area contributed by atoms with Crippen molar-refractivity contribution in [2.75, 3.05) is 25.4 Å². The molecule has 0 aromatic rings. The Kier molecular flexibility index (Phi) is 7.34. The number of ether oxygens (including phenoxy) is 1. The quantitative estimate of drug-likeness (QED) is 0.312. The van der Waals surface area contributed by atoms with E-state index in [2.05, 4.69) is 4.90 Å². The van der Waals surface area contributed by atoms with E-state index in [1.807, 2.05) is 0 Å². The smallest absolute Gasteiger partial charge is 0.352 e. The van der Waals surface area contributed by atoms with Crippen LogP contribution in [0, 0.1) is 0 Å². The lowest BCUT2D eigenvalue weighted by Gasteiger charge is -2.48. The highest BCUT2D eigenvalue weighted by Gasteiger charge is 2.51. The zero-order valence-corrected chi connectivity index (χ0v) is 17.7. The van der Waals surface area contributed by atoms with Crippen LogP contribution in [0.1, 0.15) is 26.2 Å². The van der Waals surface area contributed by atoms with Crippen LogP contribution in [0.5, 0.6) is 0 Å². The summed E-state index contributed by atoms with van der Waals surface area (Å²) >= 11 is 1.52. The van der Waals surface area contributed by atoms with Crippen molar-refractivity contribution in [3.63, 3.8) is 0 Å². The monoisotopic (exact) mass is 497 g/mol. The number of fused-ring (bicyclic) bond motifs is 1. The van der Waals surface area contributed by atoms with Crippen molar-refractivity contribution < 1.29 is 24.2 Å². The highest BCUT2D eigenvalue weighted by atomic mass is 127. The highest BCUT2D eigenvalue weighted by molar-refractivity contribution is 14.0. The zero-order chi connectivity index (χ0) is 18.1. The fourth-order valence-corrected chi connectivity index (χ4v) is 5.00. The minimum absolute atomic E-state index is 0. The lowest BCUT2D eigenvalue weighted by molar-refractivity contribution is -0.148. The Balaban J connectivity index is 0.00000243. The number of halogens is 1. The minimum Gasteiger partial charge on any atom is -0.477 e. The van der Waals surface area contributed by atoms with Crippen LogP contribution in [0.25, 0.3) is 0 Å². The number of hydrogen-bond donors (Lipinski definition) is 2. The number of β-lactam (4-membered cyclic amide) rings is 1. The molecule has 3 aliphatic rings.